The van der Waals surface area contributed by atoms with Crippen molar-refractivity contribution in [3.8, 4) is 5.69 Å². The molecule has 3 rings (SSSR count). The number of halogens is 1. The Labute approximate surface area is 181 Å². The standard InChI is InChI=1S/C22H25FN4O3S/c1-16(2)21-20(15-25-27(21)19-10-8-18(23)9-11-19)22(28)24-12-13-31(29,30)26-14-17-6-4-3-5-7-17/h3-11,15-16,26H,12-14H2,1-2H3,(H,24,28). The summed E-state index contributed by atoms with van der Waals surface area (Å²) in [5, 5.41) is 6.93. The Morgan fingerprint density at radius 1 is 1.10 bits per heavy atom. The van der Waals surface area contributed by atoms with E-state index in [1.165, 1.54) is 18.3 Å². The summed E-state index contributed by atoms with van der Waals surface area (Å²) >= 11 is 0. The normalized spacial score (nSPS) is 11.6. The number of benzene rings is 2. The van der Waals surface area contributed by atoms with Gasteiger partial charge in [-0.15, -0.1) is 0 Å². The second-order valence-corrected chi connectivity index (χ2v) is 9.29. The van der Waals surface area contributed by atoms with Gasteiger partial charge in [0, 0.05) is 13.1 Å². The molecular formula is C22H25FN4O3S. The summed E-state index contributed by atoms with van der Waals surface area (Å²) in [6, 6.07) is 15.0. The van der Waals surface area contributed by atoms with Gasteiger partial charge in [-0.25, -0.2) is 22.2 Å². The summed E-state index contributed by atoms with van der Waals surface area (Å²) in [6.45, 7) is 4.00. The summed E-state index contributed by atoms with van der Waals surface area (Å²) in [4.78, 5) is 12.7. The van der Waals surface area contributed by atoms with Crippen LogP contribution in [-0.2, 0) is 16.6 Å². The van der Waals surface area contributed by atoms with Crippen LogP contribution in [0.1, 0.15) is 41.4 Å². The van der Waals surface area contributed by atoms with Crippen LogP contribution in [0.25, 0.3) is 5.69 Å². The molecule has 0 aliphatic heterocycles. The minimum absolute atomic E-state index is 0.0374. The van der Waals surface area contributed by atoms with Gasteiger partial charge in [0.15, 0.2) is 0 Å². The molecule has 7 nitrogen and oxygen atoms in total. The highest BCUT2D eigenvalue weighted by Crippen LogP contribution is 2.23. The molecule has 0 atom stereocenters. The molecule has 1 amide bonds. The molecular weight excluding hydrogens is 419 g/mol. The van der Waals surface area contributed by atoms with Crippen molar-refractivity contribution in [3.63, 3.8) is 0 Å². The van der Waals surface area contributed by atoms with Crippen LogP contribution >= 0.6 is 0 Å². The van der Waals surface area contributed by atoms with Gasteiger partial charge in [0.2, 0.25) is 10.0 Å². The van der Waals surface area contributed by atoms with E-state index in [1.54, 1.807) is 16.8 Å². The third-order valence-corrected chi connectivity index (χ3v) is 5.99. The number of hydrogen-bond acceptors (Lipinski definition) is 4. The maximum absolute atomic E-state index is 13.2. The number of nitrogens with one attached hydrogen (secondary N) is 2. The predicted molar refractivity (Wildman–Crippen MR) is 117 cm³/mol. The molecule has 9 heteroatoms. The van der Waals surface area contributed by atoms with E-state index in [-0.39, 0.29) is 30.6 Å². The SMILES string of the molecule is CC(C)c1c(C(=O)NCCS(=O)(=O)NCc2ccccc2)cnn1-c1ccc(F)cc1. The molecule has 0 saturated heterocycles. The molecule has 0 unspecified atom stereocenters. The molecule has 0 spiro atoms. The van der Waals surface area contributed by atoms with Crippen molar-refractivity contribution in [2.75, 3.05) is 12.3 Å². The van der Waals surface area contributed by atoms with Gasteiger partial charge in [0.1, 0.15) is 5.82 Å². The van der Waals surface area contributed by atoms with E-state index in [4.69, 9.17) is 0 Å². The molecule has 0 radical (unpaired) electrons. The Kier molecular flexibility index (Phi) is 7.19. The second-order valence-electron chi connectivity index (χ2n) is 7.37. The number of carbonyl (C=O) groups excluding carboxylic acids is 1. The first-order valence-corrected chi connectivity index (χ1v) is 11.6. The Hall–Kier alpha value is -3.04. The van der Waals surface area contributed by atoms with Crippen LogP contribution in [-0.4, -0.2) is 36.4 Å². The molecule has 0 bridgehead atoms. The van der Waals surface area contributed by atoms with Crippen LogP contribution in [0, 0.1) is 5.82 Å². The largest absolute Gasteiger partial charge is 0.351 e. The van der Waals surface area contributed by atoms with Crippen molar-refractivity contribution in [2.45, 2.75) is 26.3 Å². The Bertz CT molecular complexity index is 1130. The molecule has 3 aromatic rings. The number of carbonyl (C=O) groups is 1. The van der Waals surface area contributed by atoms with Crippen molar-refractivity contribution in [1.82, 2.24) is 19.8 Å². The average molecular weight is 445 g/mol. The van der Waals surface area contributed by atoms with Crippen LogP contribution < -0.4 is 10.0 Å². The van der Waals surface area contributed by atoms with Crippen molar-refractivity contribution >= 4 is 15.9 Å². The molecule has 31 heavy (non-hydrogen) atoms. The van der Waals surface area contributed by atoms with E-state index in [9.17, 15) is 17.6 Å². The number of sulfonamides is 1. The molecule has 0 aliphatic rings. The van der Waals surface area contributed by atoms with Gasteiger partial charge in [-0.1, -0.05) is 44.2 Å². The molecule has 1 aromatic heterocycles. The van der Waals surface area contributed by atoms with Gasteiger partial charge in [0.25, 0.3) is 5.91 Å². The first kappa shape index (κ1) is 22.6. The molecule has 0 aliphatic carbocycles. The molecule has 164 valence electrons. The number of hydrogen-bond donors (Lipinski definition) is 2. The lowest BCUT2D eigenvalue weighted by atomic mass is 10.1. The fraction of sp³-hybridized carbons (Fsp3) is 0.273. The minimum atomic E-state index is -3.55. The lowest BCUT2D eigenvalue weighted by molar-refractivity contribution is 0.0954. The Morgan fingerprint density at radius 3 is 2.42 bits per heavy atom. The van der Waals surface area contributed by atoms with Gasteiger partial charge in [-0.05, 0) is 35.7 Å². The fourth-order valence-corrected chi connectivity index (χ4v) is 4.03. The van der Waals surface area contributed by atoms with Gasteiger partial charge in [-0.3, -0.25) is 4.79 Å². The smallest absolute Gasteiger partial charge is 0.254 e. The summed E-state index contributed by atoms with van der Waals surface area (Å²) in [5.41, 5.74) is 2.50. The maximum Gasteiger partial charge on any atom is 0.254 e. The zero-order chi connectivity index (χ0) is 22.4. The molecule has 0 fully saturated rings. The van der Waals surface area contributed by atoms with E-state index in [0.717, 1.165) is 5.56 Å². The predicted octanol–water partition coefficient (Wildman–Crippen LogP) is 2.98. The van der Waals surface area contributed by atoms with Crippen molar-refractivity contribution in [1.29, 1.82) is 0 Å². The summed E-state index contributed by atoms with van der Waals surface area (Å²) in [6.07, 6.45) is 1.44. The van der Waals surface area contributed by atoms with E-state index >= 15 is 0 Å². The van der Waals surface area contributed by atoms with Crippen LogP contribution in [0.5, 0.6) is 0 Å². The highest BCUT2D eigenvalue weighted by molar-refractivity contribution is 7.89. The van der Waals surface area contributed by atoms with Crippen LogP contribution in [0.3, 0.4) is 0 Å². The topological polar surface area (TPSA) is 93.1 Å². The Balaban J connectivity index is 1.63. The summed E-state index contributed by atoms with van der Waals surface area (Å²) in [7, 11) is -3.55. The lowest BCUT2D eigenvalue weighted by Gasteiger charge is -2.13. The second kappa shape index (κ2) is 9.84. The number of aromatic nitrogens is 2. The molecule has 1 heterocycles. The van der Waals surface area contributed by atoms with Gasteiger partial charge in [0.05, 0.1) is 28.9 Å². The van der Waals surface area contributed by atoms with E-state index in [1.807, 2.05) is 44.2 Å². The highest BCUT2D eigenvalue weighted by Gasteiger charge is 2.21. The molecule has 0 saturated carbocycles. The summed E-state index contributed by atoms with van der Waals surface area (Å²) in [5.74, 6) is -1.05. The average Bonchev–Trinajstić information content (AvgIpc) is 3.19. The van der Waals surface area contributed by atoms with Crippen LogP contribution in [0.15, 0.2) is 60.8 Å². The van der Waals surface area contributed by atoms with Gasteiger partial charge >= 0.3 is 0 Å². The van der Waals surface area contributed by atoms with E-state index < -0.39 is 15.9 Å². The quantitative estimate of drug-likeness (QED) is 0.531. The first-order chi connectivity index (χ1) is 14.8. The highest BCUT2D eigenvalue weighted by atomic mass is 32.2. The fourth-order valence-electron chi connectivity index (χ4n) is 3.13. The van der Waals surface area contributed by atoms with Crippen LogP contribution in [0.2, 0.25) is 0 Å². The summed E-state index contributed by atoms with van der Waals surface area (Å²) < 4.78 is 41.8. The minimum Gasteiger partial charge on any atom is -0.351 e. The first-order valence-electron chi connectivity index (χ1n) is 9.90. The van der Waals surface area contributed by atoms with Gasteiger partial charge in [-0.2, -0.15) is 5.10 Å². The third-order valence-electron chi connectivity index (χ3n) is 4.66. The van der Waals surface area contributed by atoms with Crippen molar-refractivity contribution < 1.29 is 17.6 Å². The number of nitrogens with zero attached hydrogens (tertiary/aromatic N) is 2. The van der Waals surface area contributed by atoms with Gasteiger partial charge < -0.3 is 5.32 Å². The zero-order valence-corrected chi connectivity index (χ0v) is 18.2. The zero-order valence-electron chi connectivity index (χ0n) is 17.4. The van der Waals surface area contributed by atoms with Crippen molar-refractivity contribution in [2.24, 2.45) is 0 Å². The lowest BCUT2D eigenvalue weighted by Crippen LogP contribution is -2.34. The van der Waals surface area contributed by atoms with E-state index in [0.29, 0.717) is 16.9 Å². The number of rotatable bonds is 9. The third kappa shape index (κ3) is 5.99. The van der Waals surface area contributed by atoms with Crippen LogP contribution in [0.4, 0.5) is 4.39 Å². The molecule has 2 aromatic carbocycles. The monoisotopic (exact) mass is 444 g/mol. The Morgan fingerprint density at radius 2 is 1.77 bits per heavy atom. The van der Waals surface area contributed by atoms with Crippen molar-refractivity contribution in [3.05, 3.63) is 83.4 Å². The number of amides is 1. The van der Waals surface area contributed by atoms with E-state index in [2.05, 4.69) is 15.1 Å². The maximum atomic E-state index is 13.2. The molecule has 2 N–H and O–H groups in total.